The fourth-order valence-electron chi connectivity index (χ4n) is 5.94. The molecule has 1 aromatic heterocycles. The summed E-state index contributed by atoms with van der Waals surface area (Å²) in [6.07, 6.45) is -5.30. The molecule has 226 valence electrons. The zero-order valence-corrected chi connectivity index (χ0v) is 24.7. The van der Waals surface area contributed by atoms with Gasteiger partial charge in [-0.2, -0.15) is 13.2 Å². The van der Waals surface area contributed by atoms with Crippen molar-refractivity contribution >= 4 is 11.8 Å². The van der Waals surface area contributed by atoms with E-state index in [2.05, 4.69) is 0 Å². The van der Waals surface area contributed by atoms with Crippen LogP contribution in [0.1, 0.15) is 66.2 Å². The lowest BCUT2D eigenvalue weighted by molar-refractivity contribution is -0.138. The highest BCUT2D eigenvalue weighted by Gasteiger charge is 2.47. The van der Waals surface area contributed by atoms with Gasteiger partial charge in [0, 0.05) is 29.2 Å². The molecule has 0 radical (unpaired) electrons. The Morgan fingerprint density at radius 2 is 1.60 bits per heavy atom. The van der Waals surface area contributed by atoms with E-state index >= 15 is 4.39 Å². The predicted molar refractivity (Wildman–Crippen MR) is 157 cm³/mol. The smallest absolute Gasteiger partial charge is 0.322 e. The molecule has 0 saturated heterocycles. The van der Waals surface area contributed by atoms with Gasteiger partial charge in [0.1, 0.15) is 5.82 Å². The minimum Gasteiger partial charge on any atom is -0.322 e. The first kappa shape index (κ1) is 30.9. The highest BCUT2D eigenvalue weighted by Crippen LogP contribution is 2.54. The maximum atomic E-state index is 15.1. The second-order valence-electron chi connectivity index (χ2n) is 11.5. The van der Waals surface area contributed by atoms with E-state index in [0.717, 1.165) is 30.7 Å². The van der Waals surface area contributed by atoms with Gasteiger partial charge in [0.05, 0.1) is 28.2 Å². The number of benzene rings is 3. The Morgan fingerprint density at radius 1 is 0.953 bits per heavy atom. The summed E-state index contributed by atoms with van der Waals surface area (Å²) in [7, 11) is 0. The Morgan fingerprint density at radius 3 is 2.23 bits per heavy atom. The van der Waals surface area contributed by atoms with Crippen LogP contribution in [0.2, 0.25) is 0 Å². The lowest BCUT2D eigenvalue weighted by Crippen LogP contribution is -2.39. The molecule has 1 unspecified atom stereocenters. The molecule has 4 aromatic rings. The maximum absolute atomic E-state index is 15.1. The van der Waals surface area contributed by atoms with Crippen LogP contribution in [-0.2, 0) is 18.5 Å². The lowest BCUT2D eigenvalue weighted by atomic mass is 9.88. The maximum Gasteiger partial charge on any atom is 0.416 e. The van der Waals surface area contributed by atoms with Crippen LogP contribution in [0.25, 0.3) is 11.1 Å². The summed E-state index contributed by atoms with van der Waals surface area (Å²) in [6, 6.07) is 15.9. The molecular weight excluding hydrogens is 586 g/mol. The second kappa shape index (κ2) is 10.9. The molecule has 0 saturated carbocycles. The van der Waals surface area contributed by atoms with E-state index in [9.17, 15) is 26.7 Å². The van der Waals surface area contributed by atoms with Gasteiger partial charge in [0.2, 0.25) is 0 Å². The third kappa shape index (κ3) is 5.62. The molecule has 3 aromatic carbocycles. The van der Waals surface area contributed by atoms with Gasteiger partial charge in [-0.1, -0.05) is 66.4 Å². The summed E-state index contributed by atoms with van der Waals surface area (Å²) in [5.74, 6) is -4.24. The standard InChI is InChI=1S/C33H30F6N2OS/c1-18-22(17-23-24(33(37,38)39)14-9-15-25(23)34)30-41(28(31(2,3)43-30)27(40)19-10-6-5-7-11-19)29(42)26(18)20-12-8-13-21(16-20)32(4,35)36/h5-16,27-28H,17,40H2,1-4H3/t27?,28-/m1/s1. The zero-order valence-electron chi connectivity index (χ0n) is 23.9. The molecule has 1 aliphatic rings. The number of rotatable bonds is 6. The number of alkyl halides is 5. The van der Waals surface area contributed by atoms with E-state index in [-0.39, 0.29) is 16.7 Å². The zero-order chi connectivity index (χ0) is 31.5. The fourth-order valence-corrected chi connectivity index (χ4v) is 7.46. The fraction of sp³-hybridized carbons (Fsp3) is 0.303. The summed E-state index contributed by atoms with van der Waals surface area (Å²) in [5.41, 5.74) is 5.86. The highest BCUT2D eigenvalue weighted by molar-refractivity contribution is 8.00. The summed E-state index contributed by atoms with van der Waals surface area (Å²) in [6.45, 7) is 6.08. The van der Waals surface area contributed by atoms with Gasteiger partial charge in [0.25, 0.3) is 11.5 Å². The van der Waals surface area contributed by atoms with E-state index in [0.29, 0.717) is 16.2 Å². The Bertz CT molecular complexity index is 1740. The van der Waals surface area contributed by atoms with Gasteiger partial charge in [-0.25, -0.2) is 13.2 Å². The van der Waals surface area contributed by atoms with Gasteiger partial charge in [0.15, 0.2) is 0 Å². The summed E-state index contributed by atoms with van der Waals surface area (Å²) >= 11 is 1.29. The number of fused-ring (bicyclic) bond motifs is 1. The average molecular weight is 617 g/mol. The van der Waals surface area contributed by atoms with Gasteiger partial charge in [-0.15, -0.1) is 0 Å². The van der Waals surface area contributed by atoms with Crippen molar-refractivity contribution in [2.45, 2.75) is 68.1 Å². The van der Waals surface area contributed by atoms with Crippen molar-refractivity contribution in [2.75, 3.05) is 0 Å². The van der Waals surface area contributed by atoms with Crippen LogP contribution >= 0.6 is 11.8 Å². The Kier molecular flexibility index (Phi) is 7.84. The monoisotopic (exact) mass is 616 g/mol. The molecule has 0 fully saturated rings. The van der Waals surface area contributed by atoms with Crippen molar-refractivity contribution in [1.82, 2.24) is 4.57 Å². The Labute approximate surface area is 249 Å². The van der Waals surface area contributed by atoms with E-state index in [1.807, 2.05) is 44.2 Å². The van der Waals surface area contributed by atoms with Crippen molar-refractivity contribution in [1.29, 1.82) is 0 Å². The quantitative estimate of drug-likeness (QED) is 0.220. The molecule has 5 rings (SSSR count). The van der Waals surface area contributed by atoms with Crippen LogP contribution in [0.15, 0.2) is 82.6 Å². The predicted octanol–water partition coefficient (Wildman–Crippen LogP) is 8.81. The number of pyridine rings is 1. The van der Waals surface area contributed by atoms with E-state index in [1.165, 1.54) is 40.6 Å². The van der Waals surface area contributed by atoms with Crippen LogP contribution in [-0.4, -0.2) is 9.31 Å². The molecule has 2 N–H and O–H groups in total. The Hall–Kier alpha value is -3.50. The SMILES string of the molecule is Cc1c(Cc2c(F)cccc2C(F)(F)F)c2n(c(=O)c1-c1cccc(C(C)(F)F)c1)[C@H](C(N)c1ccccc1)C(C)(C)S2. The largest absolute Gasteiger partial charge is 0.416 e. The number of aromatic nitrogens is 1. The molecule has 0 amide bonds. The second-order valence-corrected chi connectivity index (χ2v) is 13.1. The molecule has 2 heterocycles. The van der Waals surface area contributed by atoms with Crippen molar-refractivity contribution < 1.29 is 26.3 Å². The summed E-state index contributed by atoms with van der Waals surface area (Å²) in [5, 5.41) is 0.376. The first-order valence-electron chi connectivity index (χ1n) is 13.6. The molecule has 2 atom stereocenters. The lowest BCUT2D eigenvalue weighted by Gasteiger charge is -2.32. The Balaban J connectivity index is 1.83. The van der Waals surface area contributed by atoms with Crippen LogP contribution in [0.3, 0.4) is 0 Å². The van der Waals surface area contributed by atoms with Crippen molar-refractivity contribution in [3.05, 3.63) is 122 Å². The van der Waals surface area contributed by atoms with Gasteiger partial charge in [-0.3, -0.25) is 9.36 Å². The van der Waals surface area contributed by atoms with Crippen LogP contribution in [0, 0.1) is 12.7 Å². The van der Waals surface area contributed by atoms with E-state index < -0.39 is 57.9 Å². The molecule has 1 aliphatic heterocycles. The summed E-state index contributed by atoms with van der Waals surface area (Å²) < 4.78 is 86.7. The van der Waals surface area contributed by atoms with E-state index in [1.54, 1.807) is 6.92 Å². The van der Waals surface area contributed by atoms with Gasteiger partial charge < -0.3 is 5.73 Å². The third-order valence-corrected chi connectivity index (χ3v) is 9.45. The molecule has 0 bridgehead atoms. The normalized spacial score (nSPS) is 17.1. The molecule has 10 heteroatoms. The number of hydrogen-bond acceptors (Lipinski definition) is 3. The van der Waals surface area contributed by atoms with Gasteiger partial charge in [-0.05, 0) is 61.2 Å². The number of halogens is 6. The van der Waals surface area contributed by atoms with Crippen molar-refractivity contribution in [3.63, 3.8) is 0 Å². The third-order valence-electron chi connectivity index (χ3n) is 8.05. The molecule has 3 nitrogen and oxygen atoms in total. The molecule has 43 heavy (non-hydrogen) atoms. The number of nitrogens with zero attached hydrogens (tertiary/aromatic N) is 1. The first-order chi connectivity index (χ1) is 20.0. The van der Waals surface area contributed by atoms with Crippen LogP contribution in [0.5, 0.6) is 0 Å². The van der Waals surface area contributed by atoms with Crippen LogP contribution < -0.4 is 11.3 Å². The number of nitrogens with two attached hydrogens (primary N) is 1. The van der Waals surface area contributed by atoms with Gasteiger partial charge >= 0.3 is 6.18 Å². The average Bonchev–Trinajstić information content (AvgIpc) is 3.22. The highest BCUT2D eigenvalue weighted by atomic mass is 32.2. The molecule has 0 spiro atoms. The topological polar surface area (TPSA) is 48.0 Å². The minimum absolute atomic E-state index is 0.0540. The minimum atomic E-state index is -4.82. The molecule has 0 aliphatic carbocycles. The van der Waals surface area contributed by atoms with E-state index in [4.69, 9.17) is 5.73 Å². The number of hydrogen-bond donors (Lipinski definition) is 1. The van der Waals surface area contributed by atoms with Crippen LogP contribution in [0.4, 0.5) is 26.3 Å². The first-order valence-corrected chi connectivity index (χ1v) is 14.4. The summed E-state index contributed by atoms with van der Waals surface area (Å²) in [4.78, 5) is 14.4. The molecular formula is C33H30F6N2OS. The number of thioether (sulfide) groups is 1. The van der Waals surface area contributed by atoms with Crippen molar-refractivity contribution in [3.8, 4) is 11.1 Å². The van der Waals surface area contributed by atoms with Crippen molar-refractivity contribution in [2.24, 2.45) is 5.73 Å².